The molecule has 0 aromatic heterocycles. The molecule has 6 nitrogen and oxygen atoms in total. The Balaban J connectivity index is 1.36. The number of fused-ring (bicyclic) bond motifs is 2. The Morgan fingerprint density at radius 1 is 1.00 bits per heavy atom. The van der Waals surface area contributed by atoms with E-state index in [1.807, 2.05) is 47.1 Å². The highest BCUT2D eigenvalue weighted by molar-refractivity contribution is 5.92. The minimum absolute atomic E-state index is 0.121. The minimum Gasteiger partial charge on any atom is -0.450 e. The van der Waals surface area contributed by atoms with Gasteiger partial charge in [0.05, 0.1) is 6.61 Å². The van der Waals surface area contributed by atoms with Crippen LogP contribution in [0, 0.1) is 0 Å². The fraction of sp³-hybridized carbons (Fsp3) is 0.652. The number of carbonyl (C=O) groups is 2. The monoisotopic (exact) mass is 399 g/mol. The molecule has 2 unspecified atom stereocenters. The van der Waals surface area contributed by atoms with Gasteiger partial charge < -0.3 is 19.4 Å². The molecule has 158 valence electrons. The Labute approximate surface area is 173 Å². The molecule has 6 heteroatoms. The average Bonchev–Trinajstić information content (AvgIpc) is 2.99. The highest BCUT2D eigenvalue weighted by atomic mass is 16.6. The van der Waals surface area contributed by atoms with Crippen molar-refractivity contribution in [1.82, 2.24) is 9.80 Å². The van der Waals surface area contributed by atoms with Gasteiger partial charge in [-0.2, -0.15) is 0 Å². The van der Waals surface area contributed by atoms with Crippen LogP contribution in [0.5, 0.6) is 0 Å². The predicted octanol–water partition coefficient (Wildman–Crippen LogP) is 3.66. The molecular formula is C23H33N3O3. The van der Waals surface area contributed by atoms with E-state index in [0.717, 1.165) is 57.3 Å². The normalized spacial score (nSPS) is 27.7. The van der Waals surface area contributed by atoms with Crippen LogP contribution in [0.25, 0.3) is 0 Å². The molecule has 1 aromatic carbocycles. The molecular weight excluding hydrogens is 366 g/mol. The summed E-state index contributed by atoms with van der Waals surface area (Å²) in [5.41, 5.74) is 0.999. The number of carbonyl (C=O) groups excluding carboxylic acids is 2. The molecule has 0 saturated carbocycles. The maximum Gasteiger partial charge on any atom is 0.410 e. The van der Waals surface area contributed by atoms with Crippen LogP contribution < -0.4 is 4.90 Å². The third-order valence-electron chi connectivity index (χ3n) is 6.94. The zero-order valence-electron chi connectivity index (χ0n) is 17.6. The first-order chi connectivity index (χ1) is 14.1. The van der Waals surface area contributed by atoms with Crippen LogP contribution in [0.3, 0.4) is 0 Å². The Morgan fingerprint density at radius 3 is 2.17 bits per heavy atom. The van der Waals surface area contributed by atoms with E-state index in [-0.39, 0.29) is 18.0 Å². The molecule has 3 heterocycles. The number of rotatable bonds is 4. The molecule has 0 radical (unpaired) electrons. The van der Waals surface area contributed by atoms with Gasteiger partial charge in [0.15, 0.2) is 0 Å². The van der Waals surface area contributed by atoms with Gasteiger partial charge in [-0.3, -0.25) is 4.79 Å². The van der Waals surface area contributed by atoms with E-state index in [1.165, 1.54) is 0 Å². The number of likely N-dealkylation sites (tertiary alicyclic amines) is 1. The van der Waals surface area contributed by atoms with Crippen LogP contribution in [-0.4, -0.2) is 65.7 Å². The summed E-state index contributed by atoms with van der Waals surface area (Å²) in [5.74, 6) is 0.121. The van der Waals surface area contributed by atoms with E-state index < -0.39 is 0 Å². The number of hydrogen-bond acceptors (Lipinski definition) is 4. The number of piperidine rings is 2. The van der Waals surface area contributed by atoms with Gasteiger partial charge >= 0.3 is 6.09 Å². The number of hydrogen-bond donors (Lipinski definition) is 0. The van der Waals surface area contributed by atoms with Gasteiger partial charge in [-0.25, -0.2) is 4.79 Å². The predicted molar refractivity (Wildman–Crippen MR) is 113 cm³/mol. The van der Waals surface area contributed by atoms with Gasteiger partial charge in [-0.15, -0.1) is 0 Å². The number of nitrogens with zero attached hydrogens (tertiary/aromatic N) is 3. The lowest BCUT2D eigenvalue weighted by Gasteiger charge is -2.46. The van der Waals surface area contributed by atoms with Gasteiger partial charge in [0.2, 0.25) is 5.91 Å². The minimum atomic E-state index is -0.128. The van der Waals surface area contributed by atoms with Crippen molar-refractivity contribution in [3.05, 3.63) is 30.3 Å². The van der Waals surface area contributed by atoms with Crippen molar-refractivity contribution >= 4 is 17.7 Å². The highest BCUT2D eigenvalue weighted by Crippen LogP contribution is 2.39. The first kappa shape index (κ1) is 20.2. The topological polar surface area (TPSA) is 53.1 Å². The molecule has 3 fully saturated rings. The summed E-state index contributed by atoms with van der Waals surface area (Å²) in [6, 6.07) is 11.5. The van der Waals surface area contributed by atoms with Crippen molar-refractivity contribution < 1.29 is 14.3 Å². The van der Waals surface area contributed by atoms with E-state index in [2.05, 4.69) is 4.90 Å². The van der Waals surface area contributed by atoms with E-state index in [4.69, 9.17) is 4.74 Å². The van der Waals surface area contributed by atoms with Crippen LogP contribution in [-0.2, 0) is 9.53 Å². The van der Waals surface area contributed by atoms with Crippen molar-refractivity contribution in [2.45, 2.75) is 76.5 Å². The van der Waals surface area contributed by atoms with E-state index in [9.17, 15) is 9.59 Å². The van der Waals surface area contributed by atoms with Crippen LogP contribution in [0.15, 0.2) is 30.3 Å². The summed E-state index contributed by atoms with van der Waals surface area (Å²) in [5, 5.41) is 0. The summed E-state index contributed by atoms with van der Waals surface area (Å²) < 4.78 is 5.28. The maximum atomic E-state index is 12.3. The van der Waals surface area contributed by atoms with Gasteiger partial charge in [-0.05, 0) is 57.6 Å². The molecule has 2 amide bonds. The third-order valence-corrected chi connectivity index (χ3v) is 6.94. The molecule has 4 rings (SSSR count). The van der Waals surface area contributed by atoms with Crippen molar-refractivity contribution in [3.63, 3.8) is 0 Å². The van der Waals surface area contributed by atoms with Gasteiger partial charge in [-0.1, -0.05) is 18.2 Å². The summed E-state index contributed by atoms with van der Waals surface area (Å²) >= 11 is 0. The molecule has 1 aromatic rings. The molecule has 3 saturated heterocycles. The van der Waals surface area contributed by atoms with Gasteiger partial charge in [0.25, 0.3) is 0 Å². The summed E-state index contributed by atoms with van der Waals surface area (Å²) in [6.45, 7) is 6.02. The van der Waals surface area contributed by atoms with Gasteiger partial charge in [0.1, 0.15) is 0 Å². The summed E-state index contributed by atoms with van der Waals surface area (Å²) in [4.78, 5) is 31.2. The molecule has 0 spiro atoms. The van der Waals surface area contributed by atoms with Crippen molar-refractivity contribution in [2.75, 3.05) is 24.6 Å². The molecule has 3 aliphatic heterocycles. The Bertz CT molecular complexity index is 703. The SMILES string of the molecule is CCOC(=O)N1C2CCC1CC(N1CCC(N(C(C)=O)c3ccccc3)CC1)C2. The zero-order valence-corrected chi connectivity index (χ0v) is 17.6. The van der Waals surface area contributed by atoms with E-state index >= 15 is 0 Å². The summed E-state index contributed by atoms with van der Waals surface area (Å²) in [6.07, 6.45) is 6.18. The molecule has 29 heavy (non-hydrogen) atoms. The lowest BCUT2D eigenvalue weighted by Crippen LogP contribution is -2.55. The number of ether oxygens (including phenoxy) is 1. The van der Waals surface area contributed by atoms with Crippen LogP contribution >= 0.6 is 0 Å². The Hall–Kier alpha value is -2.08. The zero-order chi connectivity index (χ0) is 20.4. The standard InChI is InChI=1S/C23H33N3O3/c1-3-29-23(28)26-20-9-10-21(26)16-22(15-20)24-13-11-19(12-14-24)25(17(2)27)18-7-5-4-6-8-18/h4-8,19-22H,3,9-16H2,1-2H3. The van der Waals surface area contributed by atoms with Crippen LogP contribution in [0.4, 0.5) is 10.5 Å². The molecule has 2 bridgehead atoms. The average molecular weight is 400 g/mol. The van der Waals surface area contributed by atoms with E-state index in [0.29, 0.717) is 24.7 Å². The van der Waals surface area contributed by atoms with Crippen molar-refractivity contribution in [3.8, 4) is 0 Å². The molecule has 0 aliphatic carbocycles. The summed E-state index contributed by atoms with van der Waals surface area (Å²) in [7, 11) is 0. The fourth-order valence-corrected chi connectivity index (χ4v) is 5.69. The number of amides is 2. The second-order valence-corrected chi connectivity index (χ2v) is 8.61. The van der Waals surface area contributed by atoms with E-state index in [1.54, 1.807) is 6.92 Å². The lowest BCUT2D eigenvalue weighted by molar-refractivity contribution is -0.117. The lowest BCUT2D eigenvalue weighted by atomic mass is 9.93. The molecule has 0 N–H and O–H groups in total. The van der Waals surface area contributed by atoms with Gasteiger partial charge in [0, 0.05) is 49.9 Å². The Morgan fingerprint density at radius 2 is 1.62 bits per heavy atom. The largest absolute Gasteiger partial charge is 0.450 e. The van der Waals surface area contributed by atoms with Crippen molar-refractivity contribution in [1.29, 1.82) is 0 Å². The second-order valence-electron chi connectivity index (χ2n) is 8.61. The number of anilines is 1. The number of para-hydroxylation sites is 1. The first-order valence-electron chi connectivity index (χ1n) is 11.1. The highest BCUT2D eigenvalue weighted by Gasteiger charge is 2.45. The fourth-order valence-electron chi connectivity index (χ4n) is 5.69. The molecule has 2 atom stereocenters. The van der Waals surface area contributed by atoms with Crippen LogP contribution in [0.2, 0.25) is 0 Å². The Kier molecular flexibility index (Phi) is 6.09. The first-order valence-corrected chi connectivity index (χ1v) is 11.1. The van der Waals surface area contributed by atoms with Crippen molar-refractivity contribution in [2.24, 2.45) is 0 Å². The second kappa shape index (κ2) is 8.74. The quantitative estimate of drug-likeness (QED) is 0.775. The molecule has 3 aliphatic rings. The maximum absolute atomic E-state index is 12.3. The number of benzene rings is 1. The third kappa shape index (κ3) is 4.13. The van der Waals surface area contributed by atoms with Crippen LogP contribution in [0.1, 0.15) is 52.4 Å². The smallest absolute Gasteiger partial charge is 0.410 e.